The lowest BCUT2D eigenvalue weighted by molar-refractivity contribution is 0.0858. The van der Waals surface area contributed by atoms with Gasteiger partial charge in [-0.25, -0.2) is 8.42 Å². The molecule has 26 heavy (non-hydrogen) atoms. The van der Waals surface area contributed by atoms with Crippen LogP contribution < -0.4 is 10.0 Å². The molecular weight excluding hydrogens is 376 g/mol. The summed E-state index contributed by atoms with van der Waals surface area (Å²) in [6.07, 6.45) is 1.98. The number of carbonyl (C=O) groups is 1. The van der Waals surface area contributed by atoms with Gasteiger partial charge in [-0.2, -0.15) is 0 Å². The zero-order valence-electron chi connectivity index (χ0n) is 13.9. The van der Waals surface area contributed by atoms with Crippen molar-refractivity contribution in [2.24, 2.45) is 0 Å². The quantitative estimate of drug-likeness (QED) is 0.788. The number of sulfonamides is 1. The number of ether oxygens (including phenoxy) is 1. The molecule has 2 aromatic rings. The van der Waals surface area contributed by atoms with Crippen molar-refractivity contribution in [1.29, 1.82) is 0 Å². The minimum absolute atomic E-state index is 0.0476. The van der Waals surface area contributed by atoms with Crippen molar-refractivity contribution in [3.05, 3.63) is 59.1 Å². The molecule has 0 saturated carbocycles. The summed E-state index contributed by atoms with van der Waals surface area (Å²) < 4.78 is 32.6. The summed E-state index contributed by atoms with van der Waals surface area (Å²) in [6.45, 7) is 1.17. The van der Waals surface area contributed by atoms with Gasteiger partial charge in [0.25, 0.3) is 15.9 Å². The van der Waals surface area contributed by atoms with Crippen molar-refractivity contribution in [3.8, 4) is 0 Å². The first-order chi connectivity index (χ1) is 12.5. The molecule has 8 heteroatoms. The molecule has 1 aliphatic rings. The first-order valence-corrected chi connectivity index (χ1v) is 10.1. The molecule has 0 aliphatic carbocycles. The molecule has 0 bridgehead atoms. The number of nitrogens with one attached hydrogen (secondary N) is 2. The molecule has 1 amide bonds. The number of carbonyl (C=O) groups excluding carboxylic acids is 1. The Bertz CT molecular complexity index is 881. The fraction of sp³-hybridized carbons (Fsp3) is 0.278. The van der Waals surface area contributed by atoms with Crippen molar-refractivity contribution < 1.29 is 17.9 Å². The Balaban J connectivity index is 1.68. The molecule has 0 unspecified atom stereocenters. The number of rotatable bonds is 6. The van der Waals surface area contributed by atoms with Crippen LogP contribution in [0.3, 0.4) is 0 Å². The molecule has 2 aromatic carbocycles. The van der Waals surface area contributed by atoms with E-state index in [1.54, 1.807) is 18.2 Å². The predicted octanol–water partition coefficient (Wildman–Crippen LogP) is 3.05. The Morgan fingerprint density at radius 3 is 2.62 bits per heavy atom. The highest BCUT2D eigenvalue weighted by Crippen LogP contribution is 2.26. The number of hydrogen-bond donors (Lipinski definition) is 2. The van der Waals surface area contributed by atoms with Gasteiger partial charge >= 0.3 is 0 Å². The van der Waals surface area contributed by atoms with Crippen LogP contribution in [-0.4, -0.2) is 33.6 Å². The van der Waals surface area contributed by atoms with Gasteiger partial charge in [0.1, 0.15) is 0 Å². The first kappa shape index (κ1) is 18.7. The topological polar surface area (TPSA) is 84.5 Å². The Kier molecular flexibility index (Phi) is 5.80. The van der Waals surface area contributed by atoms with E-state index < -0.39 is 10.0 Å². The lowest BCUT2D eigenvalue weighted by Crippen LogP contribution is -2.31. The van der Waals surface area contributed by atoms with Crippen LogP contribution >= 0.6 is 11.6 Å². The monoisotopic (exact) mass is 394 g/mol. The molecule has 3 rings (SSSR count). The SMILES string of the molecule is O=C(NC[C@H]1CCCO1)c1ccc(NS(=O)(=O)c2ccccc2)c(Cl)c1. The van der Waals surface area contributed by atoms with Gasteiger partial charge < -0.3 is 10.1 Å². The van der Waals surface area contributed by atoms with E-state index in [-0.39, 0.29) is 27.6 Å². The summed E-state index contributed by atoms with van der Waals surface area (Å²) in [5.74, 6) is -0.278. The zero-order valence-corrected chi connectivity index (χ0v) is 15.5. The standard InChI is InChI=1S/C18H19ClN2O4S/c19-16-11-13(18(22)20-12-14-5-4-10-25-14)8-9-17(16)21-26(23,24)15-6-2-1-3-7-15/h1-3,6-9,11,14,21H,4-5,10,12H2,(H,20,22)/t14-/m1/s1. The van der Waals surface area contributed by atoms with Crippen molar-refractivity contribution in [2.45, 2.75) is 23.8 Å². The maximum atomic E-state index is 12.4. The van der Waals surface area contributed by atoms with Crippen LogP contribution in [0.4, 0.5) is 5.69 Å². The highest BCUT2D eigenvalue weighted by Gasteiger charge is 2.18. The fourth-order valence-corrected chi connectivity index (χ4v) is 4.04. The van der Waals surface area contributed by atoms with E-state index in [0.717, 1.165) is 19.4 Å². The van der Waals surface area contributed by atoms with E-state index >= 15 is 0 Å². The summed E-state index contributed by atoms with van der Waals surface area (Å²) in [5, 5.41) is 2.95. The van der Waals surface area contributed by atoms with Gasteiger partial charge in [0.2, 0.25) is 0 Å². The summed E-state index contributed by atoms with van der Waals surface area (Å²) in [7, 11) is -3.74. The number of halogens is 1. The van der Waals surface area contributed by atoms with E-state index in [1.807, 2.05) is 0 Å². The van der Waals surface area contributed by atoms with Gasteiger partial charge in [-0.1, -0.05) is 29.8 Å². The van der Waals surface area contributed by atoms with Crippen LogP contribution in [0.1, 0.15) is 23.2 Å². The summed E-state index contributed by atoms with van der Waals surface area (Å²) in [6, 6.07) is 12.4. The third-order valence-electron chi connectivity index (χ3n) is 4.04. The van der Waals surface area contributed by atoms with Gasteiger partial charge in [0.05, 0.1) is 21.7 Å². The average molecular weight is 395 g/mol. The second-order valence-corrected chi connectivity index (χ2v) is 8.05. The highest BCUT2D eigenvalue weighted by atomic mass is 35.5. The second kappa shape index (κ2) is 8.07. The lowest BCUT2D eigenvalue weighted by Gasteiger charge is -2.13. The first-order valence-electron chi connectivity index (χ1n) is 8.23. The van der Waals surface area contributed by atoms with Crippen molar-refractivity contribution in [3.63, 3.8) is 0 Å². The smallest absolute Gasteiger partial charge is 0.261 e. The van der Waals surface area contributed by atoms with E-state index in [9.17, 15) is 13.2 Å². The van der Waals surface area contributed by atoms with E-state index in [2.05, 4.69) is 10.0 Å². The largest absolute Gasteiger partial charge is 0.376 e. The molecular formula is C18H19ClN2O4S. The van der Waals surface area contributed by atoms with Crippen LogP contribution in [0.2, 0.25) is 5.02 Å². The Morgan fingerprint density at radius 1 is 1.19 bits per heavy atom. The zero-order chi connectivity index (χ0) is 18.6. The van der Waals surface area contributed by atoms with Gasteiger partial charge in [-0.05, 0) is 43.2 Å². The average Bonchev–Trinajstić information content (AvgIpc) is 3.15. The summed E-state index contributed by atoms with van der Waals surface area (Å²) >= 11 is 6.16. The molecule has 1 heterocycles. The summed E-state index contributed by atoms with van der Waals surface area (Å²) in [5.41, 5.74) is 0.571. The van der Waals surface area contributed by atoms with Crippen LogP contribution in [0.15, 0.2) is 53.4 Å². The maximum absolute atomic E-state index is 12.4. The van der Waals surface area contributed by atoms with E-state index in [4.69, 9.17) is 16.3 Å². The van der Waals surface area contributed by atoms with Crippen molar-refractivity contribution >= 4 is 33.2 Å². The van der Waals surface area contributed by atoms with Crippen LogP contribution in [0.25, 0.3) is 0 Å². The minimum atomic E-state index is -3.74. The molecule has 1 fully saturated rings. The van der Waals surface area contributed by atoms with E-state index in [0.29, 0.717) is 12.1 Å². The Morgan fingerprint density at radius 2 is 1.96 bits per heavy atom. The molecule has 0 radical (unpaired) electrons. The van der Waals surface area contributed by atoms with Crippen LogP contribution in [0.5, 0.6) is 0 Å². The number of hydrogen-bond acceptors (Lipinski definition) is 4. The molecule has 1 saturated heterocycles. The van der Waals surface area contributed by atoms with Crippen LogP contribution in [0, 0.1) is 0 Å². The molecule has 1 aliphatic heterocycles. The molecule has 6 nitrogen and oxygen atoms in total. The number of benzene rings is 2. The van der Waals surface area contributed by atoms with Gasteiger partial charge in [-0.15, -0.1) is 0 Å². The molecule has 138 valence electrons. The van der Waals surface area contributed by atoms with Gasteiger partial charge in [0.15, 0.2) is 0 Å². The third-order valence-corrected chi connectivity index (χ3v) is 5.74. The minimum Gasteiger partial charge on any atom is -0.376 e. The maximum Gasteiger partial charge on any atom is 0.261 e. The van der Waals surface area contributed by atoms with Crippen molar-refractivity contribution in [2.75, 3.05) is 17.9 Å². The normalized spacial score (nSPS) is 17.0. The third kappa shape index (κ3) is 4.55. The predicted molar refractivity (Wildman–Crippen MR) is 100 cm³/mol. The number of amides is 1. The van der Waals surface area contributed by atoms with E-state index in [1.165, 1.54) is 30.3 Å². The van der Waals surface area contributed by atoms with Crippen LogP contribution in [-0.2, 0) is 14.8 Å². The fourth-order valence-electron chi connectivity index (χ4n) is 2.66. The lowest BCUT2D eigenvalue weighted by atomic mass is 10.2. The second-order valence-electron chi connectivity index (χ2n) is 5.96. The summed E-state index contributed by atoms with van der Waals surface area (Å²) in [4.78, 5) is 12.3. The van der Waals surface area contributed by atoms with Gasteiger partial charge in [0, 0.05) is 18.7 Å². The Labute approximate surface area is 157 Å². The van der Waals surface area contributed by atoms with Gasteiger partial charge in [-0.3, -0.25) is 9.52 Å². The highest BCUT2D eigenvalue weighted by molar-refractivity contribution is 7.92. The Hall–Kier alpha value is -2.09. The molecule has 2 N–H and O–H groups in total. The molecule has 1 atom stereocenters. The molecule has 0 spiro atoms. The number of anilines is 1. The molecule has 0 aromatic heterocycles. The van der Waals surface area contributed by atoms with Crippen molar-refractivity contribution in [1.82, 2.24) is 5.32 Å².